The first-order valence-corrected chi connectivity index (χ1v) is 7.80. The molecule has 0 fully saturated rings. The molecule has 0 bridgehead atoms. The Bertz CT molecular complexity index is 958. The maximum atomic E-state index is 13.3. The molecule has 0 saturated heterocycles. The Kier molecular flexibility index (Phi) is 4.61. The molecule has 3 aromatic rings. The van der Waals surface area contributed by atoms with Crippen molar-refractivity contribution in [3.8, 4) is 5.69 Å². The number of hydrogen-bond acceptors (Lipinski definition) is 2. The standard InChI is InChI=1S/C19H16F2N2O2/c1-12(13-5-3-2-4-6-13)7-16-11-18(24)23(19(25)22-16)17-9-14(20)8-15(21)10-17/h2-6,8-12H,7H2,1H3,(H,22,25)/t12-/m1/s1. The van der Waals surface area contributed by atoms with Gasteiger partial charge in [-0.1, -0.05) is 37.3 Å². The van der Waals surface area contributed by atoms with E-state index in [1.165, 1.54) is 6.07 Å². The Morgan fingerprint density at radius 2 is 1.64 bits per heavy atom. The second kappa shape index (κ2) is 6.84. The molecule has 0 amide bonds. The number of H-pyrrole nitrogens is 1. The number of nitrogens with zero attached hydrogens (tertiary/aromatic N) is 1. The quantitative estimate of drug-likeness (QED) is 0.792. The Balaban J connectivity index is 1.96. The van der Waals surface area contributed by atoms with Crippen molar-refractivity contribution < 1.29 is 8.78 Å². The first-order chi connectivity index (χ1) is 11.9. The van der Waals surface area contributed by atoms with Gasteiger partial charge in [0.2, 0.25) is 0 Å². The van der Waals surface area contributed by atoms with Gasteiger partial charge < -0.3 is 4.98 Å². The minimum atomic E-state index is -0.858. The van der Waals surface area contributed by atoms with Crippen LogP contribution in [0.15, 0.2) is 64.2 Å². The van der Waals surface area contributed by atoms with Gasteiger partial charge in [0.25, 0.3) is 5.56 Å². The van der Waals surface area contributed by atoms with E-state index in [-0.39, 0.29) is 11.6 Å². The van der Waals surface area contributed by atoms with E-state index in [0.29, 0.717) is 22.7 Å². The van der Waals surface area contributed by atoms with E-state index in [9.17, 15) is 18.4 Å². The molecule has 1 aromatic heterocycles. The third-order valence-electron chi connectivity index (χ3n) is 3.99. The number of aromatic amines is 1. The molecule has 0 spiro atoms. The van der Waals surface area contributed by atoms with Gasteiger partial charge in [-0.15, -0.1) is 0 Å². The fourth-order valence-corrected chi connectivity index (χ4v) is 2.80. The van der Waals surface area contributed by atoms with Crippen LogP contribution in [0.4, 0.5) is 8.78 Å². The normalized spacial score (nSPS) is 12.1. The number of halogens is 2. The second-order valence-electron chi connectivity index (χ2n) is 5.92. The summed E-state index contributed by atoms with van der Waals surface area (Å²) in [5.41, 5.74) is 0.0439. The van der Waals surface area contributed by atoms with Gasteiger partial charge in [-0.05, 0) is 30.0 Å². The predicted molar refractivity (Wildman–Crippen MR) is 91.1 cm³/mol. The Morgan fingerprint density at radius 3 is 2.24 bits per heavy atom. The second-order valence-corrected chi connectivity index (χ2v) is 5.92. The summed E-state index contributed by atoms with van der Waals surface area (Å²) in [7, 11) is 0. The van der Waals surface area contributed by atoms with E-state index in [1.807, 2.05) is 37.3 Å². The van der Waals surface area contributed by atoms with Crippen LogP contribution in [0.5, 0.6) is 0 Å². The van der Waals surface area contributed by atoms with Crippen LogP contribution in [0.3, 0.4) is 0 Å². The molecule has 0 unspecified atom stereocenters. The average molecular weight is 342 g/mol. The van der Waals surface area contributed by atoms with Crippen LogP contribution in [0, 0.1) is 11.6 Å². The lowest BCUT2D eigenvalue weighted by Crippen LogP contribution is -2.34. The first-order valence-electron chi connectivity index (χ1n) is 7.80. The number of nitrogens with one attached hydrogen (secondary N) is 1. The van der Waals surface area contributed by atoms with Gasteiger partial charge in [-0.25, -0.2) is 18.1 Å². The van der Waals surface area contributed by atoms with Crippen LogP contribution in [0.1, 0.15) is 24.1 Å². The van der Waals surface area contributed by atoms with E-state index in [4.69, 9.17) is 0 Å². The van der Waals surface area contributed by atoms with E-state index < -0.39 is 22.9 Å². The molecule has 3 rings (SSSR count). The Morgan fingerprint density at radius 1 is 1.00 bits per heavy atom. The molecule has 0 aliphatic rings. The van der Waals surface area contributed by atoms with Crippen molar-refractivity contribution in [3.05, 3.63) is 98.3 Å². The van der Waals surface area contributed by atoms with Crippen molar-refractivity contribution >= 4 is 0 Å². The molecule has 4 nitrogen and oxygen atoms in total. The van der Waals surface area contributed by atoms with Crippen LogP contribution >= 0.6 is 0 Å². The van der Waals surface area contributed by atoms with E-state index in [1.54, 1.807) is 0 Å². The lowest BCUT2D eigenvalue weighted by atomic mass is 9.96. The molecule has 1 N–H and O–H groups in total. The maximum Gasteiger partial charge on any atom is 0.333 e. The van der Waals surface area contributed by atoms with Crippen molar-refractivity contribution in [2.45, 2.75) is 19.3 Å². The summed E-state index contributed by atoms with van der Waals surface area (Å²) in [6, 6.07) is 13.5. The Hall–Kier alpha value is -3.02. The first kappa shape index (κ1) is 16.8. The molecule has 128 valence electrons. The smallest absolute Gasteiger partial charge is 0.311 e. The molecular formula is C19H16F2N2O2. The van der Waals surface area contributed by atoms with E-state index in [0.717, 1.165) is 17.7 Å². The highest BCUT2D eigenvalue weighted by molar-refractivity contribution is 5.33. The number of aromatic nitrogens is 2. The summed E-state index contributed by atoms with van der Waals surface area (Å²) in [4.78, 5) is 27.2. The molecule has 6 heteroatoms. The van der Waals surface area contributed by atoms with Gasteiger partial charge in [0.05, 0.1) is 5.69 Å². The van der Waals surface area contributed by atoms with Crippen molar-refractivity contribution in [1.82, 2.24) is 9.55 Å². The van der Waals surface area contributed by atoms with Crippen LogP contribution in [-0.4, -0.2) is 9.55 Å². The van der Waals surface area contributed by atoms with Gasteiger partial charge in [0.15, 0.2) is 0 Å². The molecule has 1 heterocycles. The molecule has 0 radical (unpaired) electrons. The van der Waals surface area contributed by atoms with Gasteiger partial charge in [0.1, 0.15) is 11.6 Å². The third-order valence-corrected chi connectivity index (χ3v) is 3.99. The lowest BCUT2D eigenvalue weighted by molar-refractivity contribution is 0.580. The van der Waals surface area contributed by atoms with Gasteiger partial charge in [0, 0.05) is 17.8 Å². The minimum absolute atomic E-state index is 0.0960. The molecule has 0 aliphatic heterocycles. The number of rotatable bonds is 4. The highest BCUT2D eigenvalue weighted by atomic mass is 19.1. The van der Waals surface area contributed by atoms with Gasteiger partial charge in [-0.2, -0.15) is 0 Å². The molecule has 0 aliphatic carbocycles. The summed E-state index contributed by atoms with van der Waals surface area (Å²) in [6.45, 7) is 1.99. The zero-order valence-corrected chi connectivity index (χ0v) is 13.5. The zero-order valence-electron chi connectivity index (χ0n) is 13.5. The highest BCUT2D eigenvalue weighted by Crippen LogP contribution is 2.18. The summed E-state index contributed by atoms with van der Waals surface area (Å²) in [6.07, 6.45) is 0.465. The van der Waals surface area contributed by atoms with Crippen LogP contribution in [0.25, 0.3) is 5.69 Å². The minimum Gasteiger partial charge on any atom is -0.311 e. The van der Waals surface area contributed by atoms with Gasteiger partial charge >= 0.3 is 5.69 Å². The van der Waals surface area contributed by atoms with Gasteiger partial charge in [-0.3, -0.25) is 4.79 Å². The maximum absolute atomic E-state index is 13.3. The molecular weight excluding hydrogens is 326 g/mol. The summed E-state index contributed by atoms with van der Waals surface area (Å²) in [5, 5.41) is 0. The molecule has 25 heavy (non-hydrogen) atoms. The van der Waals surface area contributed by atoms with Crippen molar-refractivity contribution in [2.24, 2.45) is 0 Å². The summed E-state index contributed by atoms with van der Waals surface area (Å²) in [5.74, 6) is -1.62. The fraction of sp³-hybridized carbons (Fsp3) is 0.158. The van der Waals surface area contributed by atoms with E-state index in [2.05, 4.69) is 4.98 Å². The highest BCUT2D eigenvalue weighted by Gasteiger charge is 2.12. The van der Waals surface area contributed by atoms with Crippen molar-refractivity contribution in [1.29, 1.82) is 0 Å². The Labute approximate surface area is 142 Å². The largest absolute Gasteiger partial charge is 0.333 e. The lowest BCUT2D eigenvalue weighted by Gasteiger charge is -2.12. The van der Waals surface area contributed by atoms with Crippen molar-refractivity contribution in [2.75, 3.05) is 0 Å². The topological polar surface area (TPSA) is 54.9 Å². The van der Waals surface area contributed by atoms with E-state index >= 15 is 0 Å². The molecule has 2 aromatic carbocycles. The zero-order chi connectivity index (χ0) is 18.0. The SMILES string of the molecule is C[C@H](Cc1cc(=O)n(-c2cc(F)cc(F)c2)c(=O)[nH]1)c1ccccc1. The van der Waals surface area contributed by atoms with Crippen LogP contribution < -0.4 is 11.2 Å². The summed E-state index contributed by atoms with van der Waals surface area (Å²) < 4.78 is 27.4. The fourth-order valence-electron chi connectivity index (χ4n) is 2.80. The summed E-state index contributed by atoms with van der Waals surface area (Å²) >= 11 is 0. The predicted octanol–water partition coefficient (Wildman–Crippen LogP) is 3.15. The van der Waals surface area contributed by atoms with Crippen LogP contribution in [0.2, 0.25) is 0 Å². The number of benzene rings is 2. The monoisotopic (exact) mass is 342 g/mol. The third kappa shape index (κ3) is 3.74. The molecule has 1 atom stereocenters. The molecule has 0 saturated carbocycles. The van der Waals surface area contributed by atoms with Crippen molar-refractivity contribution in [3.63, 3.8) is 0 Å². The average Bonchev–Trinajstić information content (AvgIpc) is 2.54. The number of hydrogen-bond donors (Lipinski definition) is 1. The van der Waals surface area contributed by atoms with Crippen LogP contribution in [-0.2, 0) is 6.42 Å².